The number of aromatic nitrogens is 3. The molecule has 1 radical (unpaired) electrons. The van der Waals surface area contributed by atoms with Gasteiger partial charge in [-0.3, -0.25) is 0 Å². The van der Waals surface area contributed by atoms with E-state index in [0.29, 0.717) is 27.9 Å². The van der Waals surface area contributed by atoms with Crippen molar-refractivity contribution in [3.63, 3.8) is 0 Å². The number of fused-ring (bicyclic) bond motifs is 3. The summed E-state index contributed by atoms with van der Waals surface area (Å²) in [6.07, 6.45) is 4.88. The van der Waals surface area contributed by atoms with Crippen molar-refractivity contribution in [3.8, 4) is 33.6 Å². The van der Waals surface area contributed by atoms with E-state index < -0.39 is 19.8 Å². The molecule has 0 unspecified atom stereocenters. The molecule has 46 heavy (non-hydrogen) atoms. The van der Waals surface area contributed by atoms with Gasteiger partial charge in [0.25, 0.3) is 0 Å². The molecule has 0 aliphatic heterocycles. The van der Waals surface area contributed by atoms with Crippen molar-refractivity contribution in [2.24, 2.45) is 0 Å². The molecular formula is C39H34FIrN3OSi-2. The molecule has 0 fully saturated rings. The molecule has 7 rings (SSSR count). The maximum Gasteiger partial charge on any atom is 0.216 e. The third kappa shape index (κ3) is 7.07. The number of hydrogen-bond donors (Lipinski definition) is 0. The summed E-state index contributed by atoms with van der Waals surface area (Å²) in [5, 5.41) is 2.79. The Morgan fingerprint density at radius 1 is 0.804 bits per heavy atom. The molecule has 0 spiro atoms. The molecule has 0 saturated heterocycles. The van der Waals surface area contributed by atoms with Crippen LogP contribution >= 0.6 is 0 Å². The molecule has 233 valence electrons. The minimum Gasteiger partial charge on any atom is -0.486 e. The summed E-state index contributed by atoms with van der Waals surface area (Å²) in [5.74, 6) is -1.14. The van der Waals surface area contributed by atoms with Gasteiger partial charge < -0.3 is 14.4 Å². The fraction of sp³-hybridized carbons (Fsp3) is 0.154. The predicted molar refractivity (Wildman–Crippen MR) is 185 cm³/mol. The quantitative estimate of drug-likeness (QED) is 0.129. The molecule has 7 heteroatoms. The van der Waals surface area contributed by atoms with Gasteiger partial charge in [0.05, 0.1) is 19.9 Å². The van der Waals surface area contributed by atoms with Crippen LogP contribution in [0.3, 0.4) is 0 Å². The number of hydrogen-bond acceptors (Lipinski definition) is 4. The van der Waals surface area contributed by atoms with E-state index in [-0.39, 0.29) is 20.1 Å². The zero-order valence-corrected chi connectivity index (χ0v) is 29.7. The topological polar surface area (TPSA) is 51.8 Å². The maximum atomic E-state index is 13.5. The molecule has 4 aromatic heterocycles. The third-order valence-corrected chi connectivity index (χ3v) is 9.65. The van der Waals surface area contributed by atoms with Gasteiger partial charge in [-0.15, -0.1) is 54.1 Å². The van der Waals surface area contributed by atoms with Crippen LogP contribution in [0, 0.1) is 17.9 Å². The summed E-state index contributed by atoms with van der Waals surface area (Å²) < 4.78 is 27.5. The number of halogens is 1. The van der Waals surface area contributed by atoms with E-state index in [4.69, 9.17) is 10.8 Å². The Hall–Kier alpha value is -4.29. The van der Waals surface area contributed by atoms with Gasteiger partial charge in [0, 0.05) is 39.3 Å². The second-order valence-electron chi connectivity index (χ2n) is 12.1. The first kappa shape index (κ1) is 31.7. The van der Waals surface area contributed by atoms with Crippen LogP contribution in [0.5, 0.6) is 0 Å². The smallest absolute Gasteiger partial charge is 0.216 e. The molecule has 0 aliphatic carbocycles. The van der Waals surface area contributed by atoms with E-state index in [1.807, 2.05) is 50.2 Å². The van der Waals surface area contributed by atoms with Gasteiger partial charge in [0.1, 0.15) is 5.82 Å². The molecular weight excluding hydrogens is 766 g/mol. The zero-order valence-electron chi connectivity index (χ0n) is 27.4. The van der Waals surface area contributed by atoms with E-state index in [1.54, 1.807) is 12.3 Å². The molecule has 0 N–H and O–H groups in total. The minimum absolute atomic E-state index is 0. The fourth-order valence-electron chi connectivity index (χ4n) is 5.28. The predicted octanol–water partition coefficient (Wildman–Crippen LogP) is 9.86. The Morgan fingerprint density at radius 2 is 1.59 bits per heavy atom. The number of rotatable bonds is 5. The van der Waals surface area contributed by atoms with Crippen LogP contribution in [0.25, 0.3) is 55.7 Å². The van der Waals surface area contributed by atoms with E-state index in [0.717, 1.165) is 28.4 Å². The molecule has 0 saturated carbocycles. The van der Waals surface area contributed by atoms with E-state index in [1.165, 1.54) is 22.4 Å². The average Bonchev–Trinajstić information content (AvgIpc) is 3.43. The van der Waals surface area contributed by atoms with E-state index >= 15 is 0 Å². The Kier molecular flexibility index (Phi) is 9.64. The Morgan fingerprint density at radius 3 is 2.30 bits per heavy atom. The van der Waals surface area contributed by atoms with E-state index in [9.17, 15) is 4.39 Å². The minimum atomic E-state index is -1.46. The normalized spacial score (nSPS) is 11.8. The zero-order chi connectivity index (χ0) is 32.5. The Labute approximate surface area is 285 Å². The molecule has 4 nitrogen and oxygen atoms in total. The van der Waals surface area contributed by atoms with Gasteiger partial charge in [-0.05, 0) is 45.7 Å². The van der Waals surface area contributed by atoms with Crippen molar-refractivity contribution in [2.75, 3.05) is 0 Å². The van der Waals surface area contributed by atoms with Gasteiger partial charge in [0.15, 0.2) is 0 Å². The summed E-state index contributed by atoms with van der Waals surface area (Å²) >= 11 is 0. The van der Waals surface area contributed by atoms with Crippen molar-refractivity contribution in [2.45, 2.75) is 39.4 Å². The fourth-order valence-corrected chi connectivity index (χ4v) is 6.75. The standard InChI is InChI=1S/C20H20NSi.C19H14FN2O.Ir/c1-22(2,3)20-15-21-19(17-12-8-5-9-13-17)14-18(20)16-10-6-4-7-11-16;1-11(2)12-6-7-21-17(8-12)15-5-3-4-14-16-9-13(20)10-22-19(16)23-18(14)15;/h4-12,14-15H,1-3H3;3-4,6-11H,1-2H3;/q2*-1;/i;11D;. The monoisotopic (exact) mass is 801 g/mol. The maximum absolute atomic E-state index is 13.5. The van der Waals surface area contributed by atoms with Crippen molar-refractivity contribution in [3.05, 3.63) is 133 Å². The van der Waals surface area contributed by atoms with Crippen LogP contribution in [-0.2, 0) is 20.1 Å². The number of furan rings is 1. The largest absolute Gasteiger partial charge is 0.486 e. The number of benzene rings is 3. The average molecular weight is 801 g/mol. The Bertz CT molecular complexity index is 2140. The van der Waals surface area contributed by atoms with Gasteiger partial charge in [-0.2, -0.15) is 0 Å². The first-order valence-electron chi connectivity index (χ1n) is 15.4. The Balaban J connectivity index is 0.000000181. The van der Waals surface area contributed by atoms with E-state index in [2.05, 4.69) is 90.4 Å². The summed E-state index contributed by atoms with van der Waals surface area (Å²) in [6, 6.07) is 35.9. The van der Waals surface area contributed by atoms with Crippen molar-refractivity contribution < 1.29 is 30.3 Å². The second-order valence-corrected chi connectivity index (χ2v) is 17.2. The van der Waals surface area contributed by atoms with Crippen LogP contribution in [0.4, 0.5) is 4.39 Å². The van der Waals surface area contributed by atoms with Crippen LogP contribution in [0.1, 0.15) is 26.7 Å². The van der Waals surface area contributed by atoms with Crippen molar-refractivity contribution in [1.82, 2.24) is 15.0 Å². The number of nitrogens with zero attached hydrogens (tertiary/aromatic N) is 3. The molecule has 0 atom stereocenters. The second kappa shape index (κ2) is 14.0. The van der Waals surface area contributed by atoms with Gasteiger partial charge in [-0.25, -0.2) is 9.37 Å². The first-order chi connectivity index (χ1) is 22.0. The summed E-state index contributed by atoms with van der Waals surface area (Å²) in [7, 11) is -1.46. The molecule has 0 amide bonds. The van der Waals surface area contributed by atoms with Crippen LogP contribution in [-0.4, -0.2) is 23.0 Å². The molecule has 7 aromatic rings. The van der Waals surface area contributed by atoms with Crippen molar-refractivity contribution in [1.29, 1.82) is 0 Å². The third-order valence-electron chi connectivity index (χ3n) is 7.63. The van der Waals surface area contributed by atoms with Crippen molar-refractivity contribution >= 4 is 35.3 Å². The summed E-state index contributed by atoms with van der Waals surface area (Å²) in [6.45, 7) is 10.7. The van der Waals surface area contributed by atoms with Gasteiger partial charge in [0.2, 0.25) is 5.71 Å². The van der Waals surface area contributed by atoms with Gasteiger partial charge in [-0.1, -0.05) is 92.5 Å². The molecule has 3 aromatic carbocycles. The molecule has 0 aliphatic rings. The molecule has 0 bridgehead atoms. The summed E-state index contributed by atoms with van der Waals surface area (Å²) in [4.78, 5) is 13.1. The first-order valence-corrected chi connectivity index (χ1v) is 18.4. The summed E-state index contributed by atoms with van der Waals surface area (Å²) in [5.41, 5.74) is 7.74. The number of pyridine rings is 3. The van der Waals surface area contributed by atoms with Crippen LogP contribution in [0.15, 0.2) is 114 Å². The van der Waals surface area contributed by atoms with Crippen LogP contribution in [0.2, 0.25) is 19.6 Å². The SMILES string of the molecule is C[Si](C)(C)c1cnc(-c2[c-]cccc2)cc1-c1ccccc1.[2H]C(C)(C)c1ccnc(-c2[c-]ccc3c2oc2ncc(F)cc23)c1.[Ir]. The molecule has 4 heterocycles. The van der Waals surface area contributed by atoms with Gasteiger partial charge >= 0.3 is 0 Å². The van der Waals surface area contributed by atoms with Crippen LogP contribution < -0.4 is 5.19 Å².